The van der Waals surface area contributed by atoms with E-state index in [1.165, 1.54) is 0 Å². The van der Waals surface area contributed by atoms with Crippen molar-refractivity contribution >= 4 is 18.0 Å². The molecule has 1 heterocycles. The molecule has 2 aliphatic rings. The average molecular weight is 367 g/mol. The third kappa shape index (κ3) is 5.35. The van der Waals surface area contributed by atoms with Crippen molar-refractivity contribution in [3.63, 3.8) is 0 Å². The molecule has 0 radical (unpaired) electrons. The van der Waals surface area contributed by atoms with Crippen molar-refractivity contribution in [3.05, 3.63) is 0 Å². The Labute approximate surface area is 156 Å². The summed E-state index contributed by atoms with van der Waals surface area (Å²) in [4.78, 5) is 37.7. The van der Waals surface area contributed by atoms with Gasteiger partial charge in [0.25, 0.3) is 0 Å². The number of rotatable bonds is 6. The minimum atomic E-state index is -0.556. The number of amides is 5. The summed E-state index contributed by atoms with van der Waals surface area (Å²) < 4.78 is 0. The standard InChI is InChI=1S/C19H34N4O3/c1-5-6-11-20-16(25)21-14-7-9-19(4,10-8-14)13-23-12-18(2,3)15(24)22-17(23)26/h14H,5-13H2,1-4H3,(H2,20,21,25)(H,22,24,26). The van der Waals surface area contributed by atoms with Crippen LogP contribution in [0.3, 0.4) is 0 Å². The van der Waals surface area contributed by atoms with Crippen molar-refractivity contribution in [2.75, 3.05) is 19.6 Å². The van der Waals surface area contributed by atoms with Crippen molar-refractivity contribution in [2.45, 2.75) is 72.3 Å². The second-order valence-corrected chi connectivity index (χ2v) is 8.84. The molecule has 26 heavy (non-hydrogen) atoms. The fourth-order valence-corrected chi connectivity index (χ4v) is 3.79. The van der Waals surface area contributed by atoms with Gasteiger partial charge < -0.3 is 15.5 Å². The van der Waals surface area contributed by atoms with E-state index in [0.29, 0.717) is 19.6 Å². The van der Waals surface area contributed by atoms with Gasteiger partial charge in [0.2, 0.25) is 5.91 Å². The van der Waals surface area contributed by atoms with Gasteiger partial charge in [0, 0.05) is 25.7 Å². The van der Waals surface area contributed by atoms with Crippen molar-refractivity contribution in [1.29, 1.82) is 0 Å². The van der Waals surface area contributed by atoms with E-state index in [4.69, 9.17) is 0 Å². The van der Waals surface area contributed by atoms with Crippen molar-refractivity contribution in [3.8, 4) is 0 Å². The molecule has 1 aliphatic heterocycles. The second-order valence-electron chi connectivity index (χ2n) is 8.84. The molecule has 0 bridgehead atoms. The van der Waals surface area contributed by atoms with Crippen molar-refractivity contribution in [1.82, 2.24) is 20.9 Å². The van der Waals surface area contributed by atoms with Gasteiger partial charge in [0.1, 0.15) is 0 Å². The first-order valence-electron chi connectivity index (χ1n) is 9.80. The molecule has 0 aromatic rings. The zero-order valence-corrected chi connectivity index (χ0v) is 16.6. The number of hydrogen-bond acceptors (Lipinski definition) is 3. The third-order valence-corrected chi connectivity index (χ3v) is 5.62. The van der Waals surface area contributed by atoms with Gasteiger partial charge in [0.05, 0.1) is 5.41 Å². The minimum Gasteiger partial charge on any atom is -0.338 e. The Hall–Kier alpha value is -1.79. The molecule has 0 spiro atoms. The Bertz CT molecular complexity index is 539. The van der Waals surface area contributed by atoms with Crippen LogP contribution in [0, 0.1) is 10.8 Å². The van der Waals surface area contributed by atoms with Crippen LogP contribution >= 0.6 is 0 Å². The zero-order valence-electron chi connectivity index (χ0n) is 16.6. The van der Waals surface area contributed by atoms with E-state index < -0.39 is 5.41 Å². The summed E-state index contributed by atoms with van der Waals surface area (Å²) >= 11 is 0. The summed E-state index contributed by atoms with van der Waals surface area (Å²) in [5, 5.41) is 8.42. The van der Waals surface area contributed by atoms with Crippen LogP contribution < -0.4 is 16.0 Å². The van der Waals surface area contributed by atoms with Gasteiger partial charge in [-0.1, -0.05) is 20.3 Å². The van der Waals surface area contributed by atoms with E-state index in [1.54, 1.807) is 4.90 Å². The maximum Gasteiger partial charge on any atom is 0.324 e. The van der Waals surface area contributed by atoms with Crippen LogP contribution in [0.4, 0.5) is 9.59 Å². The monoisotopic (exact) mass is 366 g/mol. The second kappa shape index (κ2) is 8.27. The summed E-state index contributed by atoms with van der Waals surface area (Å²) in [7, 11) is 0. The summed E-state index contributed by atoms with van der Waals surface area (Å²) in [5.74, 6) is -0.203. The Kier molecular flexibility index (Phi) is 6.53. The number of carbonyl (C=O) groups is 3. The number of carbonyl (C=O) groups excluding carboxylic acids is 3. The molecule has 0 unspecified atom stereocenters. The van der Waals surface area contributed by atoms with Gasteiger partial charge in [-0.3, -0.25) is 10.1 Å². The molecule has 0 atom stereocenters. The molecule has 2 rings (SSSR count). The highest BCUT2D eigenvalue weighted by Crippen LogP contribution is 2.37. The Balaban J connectivity index is 1.81. The Morgan fingerprint density at radius 3 is 2.50 bits per heavy atom. The van der Waals surface area contributed by atoms with Gasteiger partial charge in [-0.2, -0.15) is 0 Å². The number of imide groups is 1. The van der Waals surface area contributed by atoms with Crippen LogP contribution in [0.5, 0.6) is 0 Å². The lowest BCUT2D eigenvalue weighted by Crippen LogP contribution is -2.60. The quantitative estimate of drug-likeness (QED) is 0.631. The molecule has 148 valence electrons. The summed E-state index contributed by atoms with van der Waals surface area (Å²) in [6, 6.07) is -0.174. The lowest BCUT2D eigenvalue weighted by atomic mass is 9.73. The highest BCUT2D eigenvalue weighted by Gasteiger charge is 2.42. The third-order valence-electron chi connectivity index (χ3n) is 5.62. The van der Waals surface area contributed by atoms with Crippen LogP contribution in [-0.4, -0.2) is 48.5 Å². The molecule has 3 N–H and O–H groups in total. The van der Waals surface area contributed by atoms with E-state index in [0.717, 1.165) is 38.5 Å². The molecule has 7 nitrogen and oxygen atoms in total. The topological polar surface area (TPSA) is 90.5 Å². The van der Waals surface area contributed by atoms with Gasteiger partial charge in [-0.25, -0.2) is 9.59 Å². The summed E-state index contributed by atoms with van der Waals surface area (Å²) in [5.41, 5.74) is -0.537. The molecular weight excluding hydrogens is 332 g/mol. The van der Waals surface area contributed by atoms with E-state index >= 15 is 0 Å². The predicted molar refractivity (Wildman–Crippen MR) is 101 cm³/mol. The summed E-state index contributed by atoms with van der Waals surface area (Å²) in [6.45, 7) is 9.83. The molecule has 2 fully saturated rings. The molecule has 1 saturated heterocycles. The minimum absolute atomic E-state index is 0.0185. The predicted octanol–water partition coefficient (Wildman–Crippen LogP) is 2.61. The maximum absolute atomic E-state index is 12.2. The van der Waals surface area contributed by atoms with Crippen LogP contribution in [0.2, 0.25) is 0 Å². The van der Waals surface area contributed by atoms with E-state index in [9.17, 15) is 14.4 Å². The number of unbranched alkanes of at least 4 members (excludes halogenated alkanes) is 1. The fraction of sp³-hybridized carbons (Fsp3) is 0.842. The molecule has 1 saturated carbocycles. The van der Waals surface area contributed by atoms with Gasteiger partial charge >= 0.3 is 12.1 Å². The Morgan fingerprint density at radius 1 is 1.23 bits per heavy atom. The van der Waals surface area contributed by atoms with Gasteiger partial charge in [-0.15, -0.1) is 0 Å². The first kappa shape index (κ1) is 20.5. The summed E-state index contributed by atoms with van der Waals surface area (Å²) in [6.07, 6.45) is 5.78. The van der Waals surface area contributed by atoms with Gasteiger partial charge in [0.15, 0.2) is 0 Å². The molecule has 0 aromatic heterocycles. The number of urea groups is 2. The molecule has 5 amide bonds. The highest BCUT2D eigenvalue weighted by atomic mass is 16.2. The first-order chi connectivity index (χ1) is 12.1. The average Bonchev–Trinajstić information content (AvgIpc) is 2.55. The van der Waals surface area contributed by atoms with Crippen molar-refractivity contribution < 1.29 is 14.4 Å². The van der Waals surface area contributed by atoms with Crippen LogP contribution in [0.1, 0.15) is 66.2 Å². The lowest BCUT2D eigenvalue weighted by Gasteiger charge is -2.44. The van der Waals surface area contributed by atoms with E-state index in [2.05, 4.69) is 29.8 Å². The Morgan fingerprint density at radius 2 is 1.88 bits per heavy atom. The van der Waals surface area contributed by atoms with Crippen LogP contribution in [0.15, 0.2) is 0 Å². The molecule has 1 aliphatic carbocycles. The van der Waals surface area contributed by atoms with Crippen molar-refractivity contribution in [2.24, 2.45) is 10.8 Å². The maximum atomic E-state index is 12.2. The van der Waals surface area contributed by atoms with E-state index in [-0.39, 0.29) is 29.4 Å². The number of nitrogens with one attached hydrogen (secondary N) is 3. The number of hydrogen-bond donors (Lipinski definition) is 3. The SMILES string of the molecule is CCCCNC(=O)NC1CCC(C)(CN2CC(C)(C)C(=O)NC2=O)CC1. The van der Waals surface area contributed by atoms with Gasteiger partial charge in [-0.05, 0) is 51.4 Å². The number of nitrogens with zero attached hydrogens (tertiary/aromatic N) is 1. The molecule has 7 heteroatoms. The lowest BCUT2D eigenvalue weighted by molar-refractivity contribution is -0.131. The van der Waals surface area contributed by atoms with E-state index in [1.807, 2.05) is 13.8 Å². The molecule has 0 aromatic carbocycles. The zero-order chi connectivity index (χ0) is 19.4. The van der Waals surface area contributed by atoms with Crippen LogP contribution in [0.25, 0.3) is 0 Å². The highest BCUT2D eigenvalue weighted by molar-refractivity contribution is 5.99. The fourth-order valence-electron chi connectivity index (χ4n) is 3.79. The smallest absolute Gasteiger partial charge is 0.324 e. The normalized spacial score (nSPS) is 28.5. The molecular formula is C19H34N4O3. The first-order valence-corrected chi connectivity index (χ1v) is 9.80. The largest absolute Gasteiger partial charge is 0.338 e. The van der Waals surface area contributed by atoms with Crippen LogP contribution in [-0.2, 0) is 4.79 Å².